The highest BCUT2D eigenvalue weighted by Crippen LogP contribution is 2.21. The largest absolute Gasteiger partial charge is 0.360 e. The predicted octanol–water partition coefficient (Wildman–Crippen LogP) is 2.08. The van der Waals surface area contributed by atoms with Crippen molar-refractivity contribution >= 4 is 41.8 Å². The number of rotatable bonds is 7. The van der Waals surface area contributed by atoms with Crippen LogP contribution in [0.25, 0.3) is 0 Å². The summed E-state index contributed by atoms with van der Waals surface area (Å²) in [5.74, 6) is 1.15. The Hall–Kier alpha value is -2.03. The number of thioether (sulfide) groups is 1. The van der Waals surface area contributed by atoms with E-state index < -0.39 is 0 Å². The maximum Gasteiger partial charge on any atom is 0.235 e. The fourth-order valence-corrected chi connectivity index (χ4v) is 3.53. The van der Waals surface area contributed by atoms with Crippen LogP contribution >= 0.6 is 24.2 Å². The van der Waals surface area contributed by atoms with Crippen molar-refractivity contribution in [3.63, 3.8) is 0 Å². The van der Waals surface area contributed by atoms with E-state index in [1.54, 1.807) is 13.0 Å². The van der Waals surface area contributed by atoms with Crippen molar-refractivity contribution in [2.24, 2.45) is 0 Å². The van der Waals surface area contributed by atoms with Gasteiger partial charge in [-0.25, -0.2) is 0 Å². The summed E-state index contributed by atoms with van der Waals surface area (Å²) < 4.78 is 4.88. The summed E-state index contributed by atoms with van der Waals surface area (Å²) >= 11 is 1.26. The Labute approximate surface area is 168 Å². The van der Waals surface area contributed by atoms with Crippen LogP contribution < -0.4 is 16.0 Å². The molecule has 0 bridgehead atoms. The summed E-state index contributed by atoms with van der Waals surface area (Å²) in [7, 11) is 0. The molecule has 1 aliphatic heterocycles. The number of benzene rings is 1. The molecule has 1 aromatic carbocycles. The number of anilines is 1. The van der Waals surface area contributed by atoms with Crippen LogP contribution in [0.5, 0.6) is 0 Å². The molecular formula is C18H23ClN4O3S. The van der Waals surface area contributed by atoms with Crippen LogP contribution in [0.4, 0.5) is 5.82 Å². The number of fused-ring (bicyclic) bond motifs is 1. The van der Waals surface area contributed by atoms with Crippen LogP contribution in [-0.4, -0.2) is 41.6 Å². The van der Waals surface area contributed by atoms with Crippen LogP contribution in [0.3, 0.4) is 0 Å². The standard InChI is InChI=1S/C18H22N4O3S.ClH/c1-12-8-16(22-25-12)21-18(24)11-26-10-17(23)20-9-15-14-5-3-2-4-13(14)6-7-19-15;/h2-5,8,15,19H,6-7,9-11H2,1H3,(H,20,23)(H,21,22,24);1H. The smallest absolute Gasteiger partial charge is 0.235 e. The molecule has 0 aliphatic carbocycles. The zero-order valence-electron chi connectivity index (χ0n) is 15.0. The monoisotopic (exact) mass is 410 g/mol. The SMILES string of the molecule is Cc1cc(NC(=O)CSCC(=O)NCC2NCCc3ccccc32)no1.Cl. The van der Waals surface area contributed by atoms with Crippen molar-refractivity contribution < 1.29 is 14.1 Å². The number of carbonyl (C=O) groups is 2. The van der Waals surface area contributed by atoms with Gasteiger partial charge in [0.25, 0.3) is 0 Å². The second-order valence-electron chi connectivity index (χ2n) is 6.12. The van der Waals surface area contributed by atoms with E-state index in [1.165, 1.54) is 22.9 Å². The Morgan fingerprint density at radius 2 is 2.07 bits per heavy atom. The van der Waals surface area contributed by atoms with Gasteiger partial charge in [-0.1, -0.05) is 29.4 Å². The average Bonchev–Trinajstić information content (AvgIpc) is 3.04. The highest BCUT2D eigenvalue weighted by Gasteiger charge is 2.19. The van der Waals surface area contributed by atoms with E-state index >= 15 is 0 Å². The molecular weight excluding hydrogens is 388 g/mol. The van der Waals surface area contributed by atoms with E-state index in [9.17, 15) is 9.59 Å². The molecule has 3 rings (SSSR count). The van der Waals surface area contributed by atoms with E-state index in [-0.39, 0.29) is 41.8 Å². The van der Waals surface area contributed by atoms with Gasteiger partial charge in [-0.15, -0.1) is 24.2 Å². The van der Waals surface area contributed by atoms with Crippen molar-refractivity contribution in [3.05, 3.63) is 47.2 Å². The molecule has 1 aliphatic rings. The number of carbonyl (C=O) groups excluding carboxylic acids is 2. The molecule has 0 spiro atoms. The zero-order chi connectivity index (χ0) is 18.4. The van der Waals surface area contributed by atoms with E-state index in [4.69, 9.17) is 4.52 Å². The van der Waals surface area contributed by atoms with Gasteiger partial charge in [-0.05, 0) is 31.0 Å². The van der Waals surface area contributed by atoms with Crippen molar-refractivity contribution in [2.45, 2.75) is 19.4 Å². The Balaban J connectivity index is 0.00000261. The summed E-state index contributed by atoms with van der Waals surface area (Å²) in [5, 5.41) is 12.7. The molecule has 1 unspecified atom stereocenters. The molecule has 0 radical (unpaired) electrons. The summed E-state index contributed by atoms with van der Waals surface area (Å²) in [6, 6.07) is 10.1. The third-order valence-electron chi connectivity index (χ3n) is 4.08. The van der Waals surface area contributed by atoms with E-state index in [0.29, 0.717) is 18.1 Å². The van der Waals surface area contributed by atoms with Crippen molar-refractivity contribution in [3.8, 4) is 0 Å². The average molecular weight is 411 g/mol. The van der Waals surface area contributed by atoms with Gasteiger partial charge in [0.2, 0.25) is 11.8 Å². The lowest BCUT2D eigenvalue weighted by atomic mass is 9.94. The lowest BCUT2D eigenvalue weighted by Gasteiger charge is -2.27. The fraction of sp³-hybridized carbons (Fsp3) is 0.389. The van der Waals surface area contributed by atoms with Gasteiger partial charge < -0.3 is 20.5 Å². The highest BCUT2D eigenvalue weighted by atomic mass is 35.5. The fourth-order valence-electron chi connectivity index (χ4n) is 2.88. The molecule has 27 heavy (non-hydrogen) atoms. The van der Waals surface area contributed by atoms with Crippen molar-refractivity contribution in [2.75, 3.05) is 29.9 Å². The maximum atomic E-state index is 12.0. The van der Waals surface area contributed by atoms with Crippen LogP contribution in [0, 0.1) is 6.92 Å². The molecule has 7 nitrogen and oxygen atoms in total. The van der Waals surface area contributed by atoms with Gasteiger partial charge in [-0.2, -0.15) is 0 Å². The lowest BCUT2D eigenvalue weighted by Crippen LogP contribution is -2.39. The number of aromatic nitrogens is 1. The number of nitrogens with zero attached hydrogens (tertiary/aromatic N) is 1. The van der Waals surface area contributed by atoms with Crippen molar-refractivity contribution in [1.82, 2.24) is 15.8 Å². The second-order valence-corrected chi connectivity index (χ2v) is 7.11. The van der Waals surface area contributed by atoms with Gasteiger partial charge in [0, 0.05) is 18.7 Å². The Morgan fingerprint density at radius 1 is 1.30 bits per heavy atom. The first-order valence-corrected chi connectivity index (χ1v) is 9.66. The first-order valence-electron chi connectivity index (χ1n) is 8.50. The lowest BCUT2D eigenvalue weighted by molar-refractivity contribution is -0.118. The molecule has 0 saturated carbocycles. The number of amides is 2. The van der Waals surface area contributed by atoms with E-state index in [0.717, 1.165) is 13.0 Å². The molecule has 3 N–H and O–H groups in total. The minimum Gasteiger partial charge on any atom is -0.360 e. The van der Waals surface area contributed by atoms with Gasteiger partial charge in [0.15, 0.2) is 5.82 Å². The zero-order valence-corrected chi connectivity index (χ0v) is 16.6. The second kappa shape index (κ2) is 10.3. The number of hydrogen-bond donors (Lipinski definition) is 3. The Morgan fingerprint density at radius 3 is 2.85 bits per heavy atom. The topological polar surface area (TPSA) is 96.3 Å². The minimum atomic E-state index is -0.209. The molecule has 2 amide bonds. The molecule has 9 heteroatoms. The summed E-state index contributed by atoms with van der Waals surface area (Å²) in [4.78, 5) is 23.8. The molecule has 2 aromatic rings. The summed E-state index contributed by atoms with van der Waals surface area (Å²) in [6.45, 7) is 3.20. The molecule has 1 aromatic heterocycles. The molecule has 0 fully saturated rings. The molecule has 146 valence electrons. The molecule has 2 heterocycles. The van der Waals surface area contributed by atoms with Crippen LogP contribution in [0.1, 0.15) is 22.9 Å². The third-order valence-corrected chi connectivity index (χ3v) is 5.01. The Bertz CT molecular complexity index is 783. The normalized spacial score (nSPS) is 15.4. The maximum absolute atomic E-state index is 12.0. The van der Waals surface area contributed by atoms with Crippen LogP contribution in [0.15, 0.2) is 34.9 Å². The van der Waals surface area contributed by atoms with Gasteiger partial charge in [0.1, 0.15) is 5.76 Å². The van der Waals surface area contributed by atoms with E-state index in [2.05, 4.69) is 33.2 Å². The van der Waals surface area contributed by atoms with Crippen LogP contribution in [0.2, 0.25) is 0 Å². The third kappa shape index (κ3) is 6.27. The highest BCUT2D eigenvalue weighted by molar-refractivity contribution is 8.00. The number of aryl methyl sites for hydroxylation is 1. The number of halogens is 1. The Kier molecular flexibility index (Phi) is 8.15. The van der Waals surface area contributed by atoms with Crippen molar-refractivity contribution in [1.29, 1.82) is 0 Å². The minimum absolute atomic E-state index is 0. The molecule has 0 saturated heterocycles. The first-order chi connectivity index (χ1) is 12.6. The van der Waals surface area contributed by atoms with Crippen LogP contribution in [-0.2, 0) is 16.0 Å². The summed E-state index contributed by atoms with van der Waals surface area (Å²) in [6.07, 6.45) is 1.01. The number of nitrogens with one attached hydrogen (secondary N) is 3. The summed E-state index contributed by atoms with van der Waals surface area (Å²) in [5.41, 5.74) is 2.58. The van der Waals surface area contributed by atoms with Gasteiger partial charge >= 0.3 is 0 Å². The van der Waals surface area contributed by atoms with E-state index in [1.807, 2.05) is 12.1 Å². The first kappa shape index (κ1) is 21.3. The number of hydrogen-bond acceptors (Lipinski definition) is 6. The predicted molar refractivity (Wildman–Crippen MR) is 108 cm³/mol. The van der Waals surface area contributed by atoms with Gasteiger partial charge in [-0.3, -0.25) is 9.59 Å². The van der Waals surface area contributed by atoms with Gasteiger partial charge in [0.05, 0.1) is 11.5 Å². The molecule has 1 atom stereocenters. The quantitative estimate of drug-likeness (QED) is 0.646.